The van der Waals surface area contributed by atoms with Crippen LogP contribution in [0.15, 0.2) is 29.2 Å². The zero-order valence-electron chi connectivity index (χ0n) is 16.1. The van der Waals surface area contributed by atoms with E-state index in [0.29, 0.717) is 38.3 Å². The molecular weight excluding hydrogens is 350 g/mol. The minimum Gasteiger partial charge on any atom is -0.338 e. The summed E-state index contributed by atoms with van der Waals surface area (Å²) in [5.41, 5.74) is 6.29. The lowest BCUT2D eigenvalue weighted by molar-refractivity contribution is 0.0777. The highest BCUT2D eigenvalue weighted by atomic mass is 32.2. The molecule has 0 radical (unpaired) electrons. The first-order valence-corrected chi connectivity index (χ1v) is 10.8. The van der Waals surface area contributed by atoms with E-state index in [1.54, 1.807) is 29.2 Å². The number of amides is 1. The van der Waals surface area contributed by atoms with Gasteiger partial charge in [0, 0.05) is 31.7 Å². The van der Waals surface area contributed by atoms with E-state index in [1.165, 1.54) is 4.31 Å². The van der Waals surface area contributed by atoms with Crippen molar-refractivity contribution in [1.29, 1.82) is 0 Å². The normalized spacial score (nSPS) is 20.7. The van der Waals surface area contributed by atoms with Crippen LogP contribution in [0.25, 0.3) is 0 Å². The lowest BCUT2D eigenvalue weighted by atomic mass is 9.90. The molecule has 1 unspecified atom stereocenters. The van der Waals surface area contributed by atoms with Gasteiger partial charge in [0.05, 0.1) is 4.90 Å². The lowest BCUT2D eigenvalue weighted by Crippen LogP contribution is -2.34. The first-order valence-electron chi connectivity index (χ1n) is 9.37. The maximum absolute atomic E-state index is 12.8. The summed E-state index contributed by atoms with van der Waals surface area (Å²) in [4.78, 5) is 14.7. The number of hydrogen-bond donors (Lipinski definition) is 1. The number of likely N-dealkylation sites (tertiary alicyclic amines) is 1. The molecule has 1 fully saturated rings. The third-order valence-electron chi connectivity index (χ3n) is 5.02. The van der Waals surface area contributed by atoms with Crippen LogP contribution in [0.3, 0.4) is 0 Å². The van der Waals surface area contributed by atoms with E-state index < -0.39 is 10.0 Å². The van der Waals surface area contributed by atoms with Crippen molar-refractivity contribution in [2.75, 3.05) is 32.7 Å². The monoisotopic (exact) mass is 381 g/mol. The second-order valence-electron chi connectivity index (χ2n) is 7.42. The SMILES string of the molecule is CCCN(CCC)S(=O)(=O)c1ccc(C(=O)N2CCC(C)(CN)C2)cc1. The number of carbonyl (C=O) groups is 1. The van der Waals surface area contributed by atoms with Gasteiger partial charge in [0.15, 0.2) is 0 Å². The fraction of sp³-hybridized carbons (Fsp3) is 0.632. The molecule has 1 aliphatic heterocycles. The number of carbonyl (C=O) groups excluding carboxylic acids is 1. The standard InChI is InChI=1S/C19H31N3O3S/c1-4-11-22(12-5-2)26(24,25)17-8-6-16(7-9-17)18(23)21-13-10-19(3,14-20)15-21/h6-9H,4-5,10-15,20H2,1-3H3. The van der Waals surface area contributed by atoms with E-state index in [-0.39, 0.29) is 16.2 Å². The minimum atomic E-state index is -3.52. The molecule has 0 aromatic heterocycles. The number of rotatable bonds is 8. The van der Waals surface area contributed by atoms with E-state index in [0.717, 1.165) is 19.3 Å². The molecule has 1 heterocycles. The zero-order chi connectivity index (χ0) is 19.4. The third-order valence-corrected chi connectivity index (χ3v) is 6.94. The Balaban J connectivity index is 2.16. The summed E-state index contributed by atoms with van der Waals surface area (Å²) in [7, 11) is -3.52. The van der Waals surface area contributed by atoms with Crippen LogP contribution in [0.5, 0.6) is 0 Å². The number of benzene rings is 1. The number of hydrogen-bond acceptors (Lipinski definition) is 4. The summed E-state index contributed by atoms with van der Waals surface area (Å²) in [5.74, 6) is -0.0647. The summed E-state index contributed by atoms with van der Waals surface area (Å²) in [6.45, 7) is 8.90. The Labute approximate surface area is 157 Å². The van der Waals surface area contributed by atoms with Gasteiger partial charge >= 0.3 is 0 Å². The summed E-state index contributed by atoms with van der Waals surface area (Å²) in [6.07, 6.45) is 2.43. The van der Waals surface area contributed by atoms with Gasteiger partial charge in [-0.25, -0.2) is 8.42 Å². The van der Waals surface area contributed by atoms with E-state index in [9.17, 15) is 13.2 Å². The predicted octanol–water partition coefficient (Wildman–Crippen LogP) is 2.31. The van der Waals surface area contributed by atoms with Gasteiger partial charge in [-0.15, -0.1) is 0 Å². The molecular formula is C19H31N3O3S. The first-order chi connectivity index (χ1) is 12.3. The fourth-order valence-corrected chi connectivity index (χ4v) is 4.94. The molecule has 0 spiro atoms. The summed E-state index contributed by atoms with van der Waals surface area (Å²) >= 11 is 0. The average Bonchev–Trinajstić information content (AvgIpc) is 3.04. The van der Waals surface area contributed by atoms with Crippen LogP contribution in [0.2, 0.25) is 0 Å². The number of sulfonamides is 1. The van der Waals surface area contributed by atoms with Crippen LogP contribution in [-0.2, 0) is 10.0 Å². The highest BCUT2D eigenvalue weighted by Crippen LogP contribution is 2.29. The molecule has 1 aliphatic rings. The van der Waals surface area contributed by atoms with Gasteiger partial charge in [-0.3, -0.25) is 4.79 Å². The molecule has 0 bridgehead atoms. The van der Waals surface area contributed by atoms with Gasteiger partial charge in [-0.1, -0.05) is 20.8 Å². The molecule has 2 rings (SSSR count). The van der Waals surface area contributed by atoms with Crippen LogP contribution in [0.4, 0.5) is 0 Å². The fourth-order valence-electron chi connectivity index (χ4n) is 3.32. The molecule has 26 heavy (non-hydrogen) atoms. The van der Waals surface area contributed by atoms with Crippen LogP contribution in [0, 0.1) is 5.41 Å². The Morgan fingerprint density at radius 3 is 2.23 bits per heavy atom. The van der Waals surface area contributed by atoms with Gasteiger partial charge in [0.2, 0.25) is 10.0 Å². The van der Waals surface area contributed by atoms with Gasteiger partial charge < -0.3 is 10.6 Å². The average molecular weight is 382 g/mol. The molecule has 0 saturated carbocycles. The molecule has 7 heteroatoms. The maximum atomic E-state index is 12.8. The second kappa shape index (κ2) is 8.50. The van der Waals surface area contributed by atoms with Crippen molar-refractivity contribution in [2.24, 2.45) is 11.1 Å². The Morgan fingerprint density at radius 1 is 1.19 bits per heavy atom. The zero-order valence-corrected chi connectivity index (χ0v) is 16.9. The van der Waals surface area contributed by atoms with Crippen LogP contribution < -0.4 is 5.73 Å². The Kier molecular flexibility index (Phi) is 6.82. The summed E-state index contributed by atoms with van der Waals surface area (Å²) in [5, 5.41) is 0. The molecule has 1 atom stereocenters. The molecule has 6 nitrogen and oxygen atoms in total. The molecule has 1 aromatic rings. The molecule has 1 aromatic carbocycles. The van der Waals surface area contributed by atoms with Crippen molar-refractivity contribution in [2.45, 2.75) is 44.9 Å². The van der Waals surface area contributed by atoms with Gasteiger partial charge in [0.1, 0.15) is 0 Å². The predicted molar refractivity (Wildman–Crippen MR) is 103 cm³/mol. The topological polar surface area (TPSA) is 83.7 Å². The van der Waals surface area contributed by atoms with Crippen molar-refractivity contribution in [1.82, 2.24) is 9.21 Å². The van der Waals surface area contributed by atoms with E-state index in [1.807, 2.05) is 13.8 Å². The number of nitrogens with two attached hydrogens (primary N) is 1. The van der Waals surface area contributed by atoms with E-state index in [2.05, 4.69) is 6.92 Å². The smallest absolute Gasteiger partial charge is 0.253 e. The largest absolute Gasteiger partial charge is 0.338 e. The number of nitrogens with zero attached hydrogens (tertiary/aromatic N) is 2. The van der Waals surface area contributed by atoms with Gasteiger partial charge in [0.25, 0.3) is 5.91 Å². The summed E-state index contributed by atoms with van der Waals surface area (Å²) < 4.78 is 27.1. The van der Waals surface area contributed by atoms with E-state index in [4.69, 9.17) is 5.73 Å². The van der Waals surface area contributed by atoms with Crippen molar-refractivity contribution in [3.05, 3.63) is 29.8 Å². The van der Waals surface area contributed by atoms with Gasteiger partial charge in [-0.2, -0.15) is 4.31 Å². The molecule has 2 N–H and O–H groups in total. The van der Waals surface area contributed by atoms with Crippen molar-refractivity contribution >= 4 is 15.9 Å². The highest BCUT2D eigenvalue weighted by molar-refractivity contribution is 7.89. The first kappa shape index (κ1) is 20.9. The third kappa shape index (κ3) is 4.45. The summed E-state index contributed by atoms with van der Waals surface area (Å²) in [6, 6.07) is 6.31. The molecule has 1 saturated heterocycles. The minimum absolute atomic E-state index is 0.0280. The Hall–Kier alpha value is -1.44. The molecule has 146 valence electrons. The molecule has 0 aliphatic carbocycles. The quantitative estimate of drug-likeness (QED) is 0.749. The van der Waals surface area contributed by atoms with Gasteiger partial charge in [-0.05, 0) is 55.5 Å². The van der Waals surface area contributed by atoms with Crippen LogP contribution in [0.1, 0.15) is 50.4 Å². The Bertz CT molecular complexity index is 712. The molecule has 1 amide bonds. The maximum Gasteiger partial charge on any atom is 0.253 e. The highest BCUT2D eigenvalue weighted by Gasteiger charge is 2.35. The van der Waals surface area contributed by atoms with Crippen molar-refractivity contribution in [3.8, 4) is 0 Å². The van der Waals surface area contributed by atoms with Crippen LogP contribution >= 0.6 is 0 Å². The Morgan fingerprint density at radius 2 is 1.77 bits per heavy atom. The van der Waals surface area contributed by atoms with Crippen molar-refractivity contribution < 1.29 is 13.2 Å². The van der Waals surface area contributed by atoms with Crippen molar-refractivity contribution in [3.63, 3.8) is 0 Å². The lowest BCUT2D eigenvalue weighted by Gasteiger charge is -2.23. The van der Waals surface area contributed by atoms with E-state index >= 15 is 0 Å². The second-order valence-corrected chi connectivity index (χ2v) is 9.36. The van der Waals surface area contributed by atoms with Crippen LogP contribution in [-0.4, -0.2) is 56.3 Å².